The molecule has 2 heterocycles. The van der Waals surface area contributed by atoms with Crippen LogP contribution >= 0.6 is 11.3 Å². The van der Waals surface area contributed by atoms with Crippen molar-refractivity contribution < 1.29 is 23.4 Å². The summed E-state index contributed by atoms with van der Waals surface area (Å²) >= 11 is 1.19. The van der Waals surface area contributed by atoms with Gasteiger partial charge < -0.3 is 19.8 Å². The number of anilines is 3. The molecule has 0 aliphatic carbocycles. The van der Waals surface area contributed by atoms with Crippen LogP contribution in [0.3, 0.4) is 0 Å². The molecule has 1 aromatic heterocycles. The molecule has 1 aliphatic heterocycles. The number of nitrogens with one attached hydrogen (secondary N) is 1. The number of sulfonamides is 1. The Bertz CT molecular complexity index is 1100. The topological polar surface area (TPSA) is 112 Å². The Balaban J connectivity index is 1.70. The molecule has 1 unspecified atom stereocenters. The number of para-hydroxylation sites is 1. The first-order chi connectivity index (χ1) is 14.0. The van der Waals surface area contributed by atoms with Crippen LogP contribution in [-0.2, 0) is 10.0 Å². The molecule has 29 heavy (non-hydrogen) atoms. The molecule has 0 saturated carbocycles. The first kappa shape index (κ1) is 19.6. The SMILES string of the molecule is O=S(=O)(Nc1nccs1)c1ccc2c(c1)OCCN2c1ccccc1C(O)CO. The quantitative estimate of drug-likeness (QED) is 0.548. The zero-order valence-electron chi connectivity index (χ0n) is 15.2. The second-order valence-corrected chi connectivity index (χ2v) is 8.91. The molecule has 0 spiro atoms. The fourth-order valence-corrected chi connectivity index (χ4v) is 4.98. The molecule has 152 valence electrons. The van der Waals surface area contributed by atoms with Crippen molar-refractivity contribution >= 4 is 37.9 Å². The van der Waals surface area contributed by atoms with Crippen molar-refractivity contribution in [3.8, 4) is 5.75 Å². The maximum Gasteiger partial charge on any atom is 0.263 e. The summed E-state index contributed by atoms with van der Waals surface area (Å²) in [6, 6.07) is 11.9. The van der Waals surface area contributed by atoms with Crippen LogP contribution in [0.2, 0.25) is 0 Å². The number of aliphatic hydroxyl groups excluding tert-OH is 2. The average molecular weight is 434 g/mol. The third-order valence-corrected chi connectivity index (χ3v) is 6.67. The minimum Gasteiger partial charge on any atom is -0.489 e. The molecule has 3 aromatic rings. The highest BCUT2D eigenvalue weighted by Crippen LogP contribution is 2.40. The normalized spacial score (nSPS) is 14.8. The molecule has 10 heteroatoms. The molecule has 0 amide bonds. The van der Waals surface area contributed by atoms with E-state index in [1.807, 2.05) is 17.0 Å². The summed E-state index contributed by atoms with van der Waals surface area (Å²) < 4.78 is 33.4. The molecule has 4 rings (SSSR count). The van der Waals surface area contributed by atoms with Crippen molar-refractivity contribution in [2.75, 3.05) is 29.4 Å². The standard InChI is InChI=1S/C19H19N3O5S2/c23-12-17(24)14-3-1-2-4-15(14)22-8-9-27-18-11-13(5-6-16(18)22)29(25,26)21-19-20-7-10-28-19/h1-7,10-11,17,23-24H,8-9,12H2,(H,20,21). The maximum absolute atomic E-state index is 12.6. The molecule has 2 aromatic carbocycles. The lowest BCUT2D eigenvalue weighted by atomic mass is 10.1. The minimum absolute atomic E-state index is 0.0666. The monoisotopic (exact) mass is 433 g/mol. The van der Waals surface area contributed by atoms with Crippen LogP contribution in [0.4, 0.5) is 16.5 Å². The van der Waals surface area contributed by atoms with E-state index in [0.29, 0.717) is 30.2 Å². The molecule has 3 N–H and O–H groups in total. The first-order valence-corrected chi connectivity index (χ1v) is 11.2. The van der Waals surface area contributed by atoms with Gasteiger partial charge in [0.05, 0.1) is 23.7 Å². The lowest BCUT2D eigenvalue weighted by Crippen LogP contribution is -2.30. The highest BCUT2D eigenvalue weighted by molar-refractivity contribution is 7.93. The Morgan fingerprint density at radius 3 is 2.83 bits per heavy atom. The second kappa shape index (κ2) is 7.99. The van der Waals surface area contributed by atoms with Crippen molar-refractivity contribution in [1.82, 2.24) is 4.98 Å². The molecule has 0 bridgehead atoms. The Morgan fingerprint density at radius 2 is 2.07 bits per heavy atom. The van der Waals surface area contributed by atoms with Gasteiger partial charge in [-0.15, -0.1) is 11.3 Å². The maximum atomic E-state index is 12.6. The number of thiazole rings is 1. The number of fused-ring (bicyclic) bond motifs is 1. The van der Waals surface area contributed by atoms with Gasteiger partial charge in [0.15, 0.2) is 5.13 Å². The molecule has 0 radical (unpaired) electrons. The van der Waals surface area contributed by atoms with Gasteiger partial charge in [0.2, 0.25) is 0 Å². The van der Waals surface area contributed by atoms with E-state index in [4.69, 9.17) is 4.74 Å². The van der Waals surface area contributed by atoms with E-state index in [2.05, 4.69) is 9.71 Å². The summed E-state index contributed by atoms with van der Waals surface area (Å²) in [7, 11) is -3.80. The van der Waals surface area contributed by atoms with E-state index < -0.39 is 22.7 Å². The molecule has 1 atom stereocenters. The summed E-state index contributed by atoms with van der Waals surface area (Å²) in [6.45, 7) is 0.472. The van der Waals surface area contributed by atoms with Crippen molar-refractivity contribution in [1.29, 1.82) is 0 Å². The van der Waals surface area contributed by atoms with Gasteiger partial charge in [-0.25, -0.2) is 13.4 Å². The van der Waals surface area contributed by atoms with E-state index in [0.717, 1.165) is 5.69 Å². The molecule has 8 nitrogen and oxygen atoms in total. The number of ether oxygens (including phenoxy) is 1. The van der Waals surface area contributed by atoms with Crippen LogP contribution in [-0.4, -0.2) is 43.4 Å². The Kier molecular flexibility index (Phi) is 5.41. The van der Waals surface area contributed by atoms with E-state index in [1.54, 1.807) is 23.6 Å². The lowest BCUT2D eigenvalue weighted by Gasteiger charge is -2.33. The van der Waals surface area contributed by atoms with Crippen molar-refractivity contribution in [3.63, 3.8) is 0 Å². The summed E-state index contributed by atoms with van der Waals surface area (Å²) in [4.78, 5) is 5.95. The average Bonchev–Trinajstić information content (AvgIpc) is 3.24. The van der Waals surface area contributed by atoms with Crippen LogP contribution in [0.5, 0.6) is 5.75 Å². The van der Waals surface area contributed by atoms with Gasteiger partial charge in [-0.2, -0.15) is 0 Å². The van der Waals surface area contributed by atoms with Crippen molar-refractivity contribution in [2.45, 2.75) is 11.0 Å². The lowest BCUT2D eigenvalue weighted by molar-refractivity contribution is 0.0959. The number of aromatic nitrogens is 1. The predicted molar refractivity (Wildman–Crippen MR) is 110 cm³/mol. The Morgan fingerprint density at radius 1 is 1.24 bits per heavy atom. The second-order valence-electron chi connectivity index (χ2n) is 6.33. The largest absolute Gasteiger partial charge is 0.489 e. The third-order valence-electron chi connectivity index (χ3n) is 4.52. The Hall–Kier alpha value is -2.66. The van der Waals surface area contributed by atoms with Gasteiger partial charge in [-0.05, 0) is 18.2 Å². The fraction of sp³-hybridized carbons (Fsp3) is 0.211. The molecular formula is C19H19N3O5S2. The van der Waals surface area contributed by atoms with Gasteiger partial charge in [-0.3, -0.25) is 4.72 Å². The number of aliphatic hydroxyl groups is 2. The molecule has 0 saturated heterocycles. The van der Waals surface area contributed by atoms with Gasteiger partial charge >= 0.3 is 0 Å². The minimum atomic E-state index is -3.80. The highest BCUT2D eigenvalue weighted by atomic mass is 32.2. The number of hydrogen-bond donors (Lipinski definition) is 3. The number of rotatable bonds is 6. The number of hydrogen-bond acceptors (Lipinski definition) is 8. The first-order valence-electron chi connectivity index (χ1n) is 8.84. The van der Waals surface area contributed by atoms with E-state index in [1.165, 1.54) is 29.7 Å². The highest BCUT2D eigenvalue weighted by Gasteiger charge is 2.26. The zero-order valence-corrected chi connectivity index (χ0v) is 16.9. The van der Waals surface area contributed by atoms with Gasteiger partial charge in [0.1, 0.15) is 18.5 Å². The number of benzene rings is 2. The van der Waals surface area contributed by atoms with Gasteiger partial charge in [-0.1, -0.05) is 18.2 Å². The number of nitrogens with zero attached hydrogens (tertiary/aromatic N) is 2. The van der Waals surface area contributed by atoms with Crippen LogP contribution in [0.15, 0.2) is 58.9 Å². The van der Waals surface area contributed by atoms with Crippen LogP contribution in [0.25, 0.3) is 0 Å². The molecule has 1 aliphatic rings. The zero-order chi connectivity index (χ0) is 20.4. The summed E-state index contributed by atoms with van der Waals surface area (Å²) in [5.74, 6) is 0.423. The molecular weight excluding hydrogens is 414 g/mol. The summed E-state index contributed by atoms with van der Waals surface area (Å²) in [5, 5.41) is 21.5. The Labute approximate surface area is 172 Å². The van der Waals surface area contributed by atoms with Crippen LogP contribution in [0.1, 0.15) is 11.7 Å². The third kappa shape index (κ3) is 3.92. The van der Waals surface area contributed by atoms with Crippen LogP contribution in [0, 0.1) is 0 Å². The summed E-state index contributed by atoms with van der Waals surface area (Å²) in [6.07, 6.45) is 0.508. The van der Waals surface area contributed by atoms with Crippen molar-refractivity contribution in [3.05, 3.63) is 59.6 Å². The van der Waals surface area contributed by atoms with E-state index in [-0.39, 0.29) is 10.0 Å². The summed E-state index contributed by atoms with van der Waals surface area (Å²) in [5.41, 5.74) is 2.00. The van der Waals surface area contributed by atoms with Gasteiger partial charge in [0.25, 0.3) is 10.0 Å². The van der Waals surface area contributed by atoms with Crippen LogP contribution < -0.4 is 14.4 Å². The van der Waals surface area contributed by atoms with E-state index in [9.17, 15) is 18.6 Å². The van der Waals surface area contributed by atoms with E-state index >= 15 is 0 Å². The smallest absolute Gasteiger partial charge is 0.263 e. The van der Waals surface area contributed by atoms with Crippen molar-refractivity contribution in [2.24, 2.45) is 0 Å². The predicted octanol–water partition coefficient (Wildman–Crippen LogP) is 2.50. The molecule has 0 fully saturated rings. The van der Waals surface area contributed by atoms with Gasteiger partial charge in [0, 0.05) is 28.9 Å². The fourth-order valence-electron chi connectivity index (χ4n) is 3.18.